The number of aromatic hydroxyl groups is 2. The molecule has 194 valence electrons. The van der Waals surface area contributed by atoms with Crippen molar-refractivity contribution in [2.45, 2.75) is 32.9 Å². The first-order valence-electron chi connectivity index (χ1n) is 11.5. The average molecular weight is 509 g/mol. The Morgan fingerprint density at radius 2 is 1.70 bits per heavy atom. The van der Waals surface area contributed by atoms with Gasteiger partial charge in [-0.1, -0.05) is 13.8 Å². The van der Waals surface area contributed by atoms with E-state index in [4.69, 9.17) is 0 Å². The van der Waals surface area contributed by atoms with E-state index in [9.17, 15) is 29.7 Å². The summed E-state index contributed by atoms with van der Waals surface area (Å²) >= 11 is 0. The van der Waals surface area contributed by atoms with Gasteiger partial charge in [-0.25, -0.2) is 19.3 Å². The topological polar surface area (TPSA) is 168 Å². The van der Waals surface area contributed by atoms with E-state index in [1.54, 1.807) is 37.3 Å². The Kier molecular flexibility index (Phi) is 6.42. The maximum atomic E-state index is 13.0. The molecule has 1 unspecified atom stereocenters. The summed E-state index contributed by atoms with van der Waals surface area (Å²) < 4.78 is 1.29. The van der Waals surface area contributed by atoms with Crippen LogP contribution in [-0.4, -0.2) is 77.1 Å². The van der Waals surface area contributed by atoms with Gasteiger partial charge in [0.1, 0.15) is 23.4 Å². The smallest absolute Gasteiger partial charge is 0.408 e. The number of H-pyrrole nitrogens is 2. The first-order valence-corrected chi connectivity index (χ1v) is 11.5. The maximum absolute atomic E-state index is 13.0. The molecule has 12 nitrogen and oxygen atoms in total. The van der Waals surface area contributed by atoms with Crippen LogP contribution in [0, 0.1) is 0 Å². The molecule has 0 aliphatic rings. The van der Waals surface area contributed by atoms with E-state index in [1.807, 2.05) is 13.8 Å². The van der Waals surface area contributed by atoms with Gasteiger partial charge in [0.2, 0.25) is 0 Å². The second-order valence-electron chi connectivity index (χ2n) is 9.17. The highest BCUT2D eigenvalue weighted by molar-refractivity contribution is 5.98. The number of carbonyl (C=O) groups is 2. The van der Waals surface area contributed by atoms with Crippen molar-refractivity contribution < 1.29 is 24.9 Å². The number of hydrogen-bond acceptors (Lipinski definition) is 6. The molecule has 12 heteroatoms. The third-order valence-corrected chi connectivity index (χ3v) is 6.52. The SMILES string of the molecule is CC(C)c1cc(-c2n[nH]c(=O)n2-c2ccc3[nH]c(C(=O)N(C)C(C)N(C)C(=O)O)cc3c2)c(O)cc1O. The van der Waals surface area contributed by atoms with E-state index < -0.39 is 23.9 Å². The van der Waals surface area contributed by atoms with Crippen molar-refractivity contribution >= 4 is 22.9 Å². The second-order valence-corrected chi connectivity index (χ2v) is 9.17. The predicted octanol–water partition coefficient (Wildman–Crippen LogP) is 3.27. The van der Waals surface area contributed by atoms with Crippen LogP contribution in [0.1, 0.15) is 42.7 Å². The number of carboxylic acid groups (broad SMARTS) is 1. The zero-order chi connectivity index (χ0) is 27.2. The Hall–Kier alpha value is -4.74. The number of aromatic nitrogens is 4. The summed E-state index contributed by atoms with van der Waals surface area (Å²) in [7, 11) is 2.89. The van der Waals surface area contributed by atoms with Crippen LogP contribution in [0.5, 0.6) is 11.5 Å². The lowest BCUT2D eigenvalue weighted by Gasteiger charge is -2.30. The molecule has 4 rings (SSSR count). The van der Waals surface area contributed by atoms with Crippen molar-refractivity contribution in [3.8, 4) is 28.6 Å². The Morgan fingerprint density at radius 3 is 2.35 bits per heavy atom. The largest absolute Gasteiger partial charge is 0.508 e. The molecule has 0 fully saturated rings. The van der Waals surface area contributed by atoms with E-state index >= 15 is 0 Å². The van der Waals surface area contributed by atoms with Crippen LogP contribution in [-0.2, 0) is 0 Å². The summed E-state index contributed by atoms with van der Waals surface area (Å²) in [6.07, 6.45) is -1.86. The lowest BCUT2D eigenvalue weighted by molar-refractivity contribution is 0.0532. The van der Waals surface area contributed by atoms with Crippen LogP contribution in [0.15, 0.2) is 41.2 Å². The summed E-state index contributed by atoms with van der Waals surface area (Å²) in [5, 5.41) is 37.1. The molecule has 4 aromatic rings. The molecule has 2 amide bonds. The lowest BCUT2D eigenvalue weighted by atomic mass is 9.98. The maximum Gasteiger partial charge on any atom is 0.408 e. The van der Waals surface area contributed by atoms with E-state index in [1.165, 1.54) is 29.6 Å². The van der Waals surface area contributed by atoms with Crippen LogP contribution in [0.4, 0.5) is 4.79 Å². The number of nitrogens with one attached hydrogen (secondary N) is 2. The third-order valence-electron chi connectivity index (χ3n) is 6.52. The van der Waals surface area contributed by atoms with E-state index in [0.717, 1.165) is 4.90 Å². The van der Waals surface area contributed by atoms with Crippen molar-refractivity contribution in [1.82, 2.24) is 29.5 Å². The normalized spacial score (nSPS) is 12.2. The number of benzene rings is 2. The molecular weight excluding hydrogens is 480 g/mol. The molecular formula is C25H28N6O6. The van der Waals surface area contributed by atoms with Gasteiger partial charge in [-0.3, -0.25) is 9.69 Å². The molecule has 1 atom stereocenters. The van der Waals surface area contributed by atoms with Gasteiger partial charge in [0, 0.05) is 31.1 Å². The van der Waals surface area contributed by atoms with Crippen LogP contribution in [0.25, 0.3) is 28.0 Å². The Bertz CT molecular complexity index is 1570. The summed E-state index contributed by atoms with van der Waals surface area (Å²) in [4.78, 5) is 42.4. The molecule has 0 aliphatic carbocycles. The molecule has 5 N–H and O–H groups in total. The van der Waals surface area contributed by atoms with Gasteiger partial charge in [0.15, 0.2) is 5.82 Å². The fraction of sp³-hybridized carbons (Fsp3) is 0.280. The predicted molar refractivity (Wildman–Crippen MR) is 136 cm³/mol. The number of amides is 2. The van der Waals surface area contributed by atoms with E-state index in [2.05, 4.69) is 15.2 Å². The van der Waals surface area contributed by atoms with Crippen molar-refractivity contribution in [2.24, 2.45) is 0 Å². The van der Waals surface area contributed by atoms with Gasteiger partial charge in [-0.2, -0.15) is 5.10 Å². The number of nitrogens with zero attached hydrogens (tertiary/aromatic N) is 4. The molecule has 2 aromatic carbocycles. The van der Waals surface area contributed by atoms with E-state index in [0.29, 0.717) is 22.2 Å². The Balaban J connectivity index is 1.75. The summed E-state index contributed by atoms with van der Waals surface area (Å²) in [6, 6.07) is 9.49. The molecule has 2 aromatic heterocycles. The quantitative estimate of drug-likeness (QED) is 0.249. The molecule has 0 aliphatic heterocycles. The third kappa shape index (κ3) is 4.48. The van der Waals surface area contributed by atoms with Gasteiger partial charge >= 0.3 is 11.8 Å². The van der Waals surface area contributed by atoms with Crippen LogP contribution in [0.2, 0.25) is 0 Å². The van der Waals surface area contributed by atoms with Gasteiger partial charge < -0.3 is 25.2 Å². The van der Waals surface area contributed by atoms with Crippen molar-refractivity contribution in [3.05, 3.63) is 58.1 Å². The number of phenols is 2. The second kappa shape index (κ2) is 9.37. The highest BCUT2D eigenvalue weighted by atomic mass is 16.4. The standard InChI is InChI=1S/C25H28N6O6/c1-12(2)16-10-17(21(33)11-20(16)32)22-27-28-24(35)31(22)15-6-7-18-14(8-15)9-19(26-18)23(34)29(4)13(3)30(5)25(36)37/h6-13,26,32-33H,1-5H3,(H,28,35)(H,36,37). The summed E-state index contributed by atoms with van der Waals surface area (Å²) in [5.41, 5.74) is 1.63. The fourth-order valence-corrected chi connectivity index (χ4v) is 4.11. The van der Waals surface area contributed by atoms with Crippen LogP contribution >= 0.6 is 0 Å². The minimum Gasteiger partial charge on any atom is -0.508 e. The van der Waals surface area contributed by atoms with Gasteiger partial charge in [-0.05, 0) is 48.7 Å². The summed E-state index contributed by atoms with van der Waals surface area (Å²) in [6.45, 7) is 5.39. The molecule has 0 radical (unpaired) electrons. The molecule has 0 saturated carbocycles. The molecule has 0 bridgehead atoms. The van der Waals surface area contributed by atoms with Gasteiger partial charge in [-0.15, -0.1) is 0 Å². The highest BCUT2D eigenvalue weighted by Gasteiger charge is 2.25. The van der Waals surface area contributed by atoms with Gasteiger partial charge in [0.25, 0.3) is 5.91 Å². The molecule has 37 heavy (non-hydrogen) atoms. The average Bonchev–Trinajstić information content (AvgIpc) is 3.44. The molecule has 2 heterocycles. The van der Waals surface area contributed by atoms with Crippen molar-refractivity contribution in [1.29, 1.82) is 0 Å². The lowest BCUT2D eigenvalue weighted by Crippen LogP contribution is -2.47. The number of rotatable bonds is 6. The zero-order valence-corrected chi connectivity index (χ0v) is 21.0. The monoisotopic (exact) mass is 508 g/mol. The van der Waals surface area contributed by atoms with Crippen LogP contribution in [0.3, 0.4) is 0 Å². The number of fused-ring (bicyclic) bond motifs is 1. The van der Waals surface area contributed by atoms with E-state index in [-0.39, 0.29) is 34.5 Å². The van der Waals surface area contributed by atoms with Crippen molar-refractivity contribution in [3.63, 3.8) is 0 Å². The first-order chi connectivity index (χ1) is 17.4. The molecule has 0 saturated heterocycles. The highest BCUT2D eigenvalue weighted by Crippen LogP contribution is 2.37. The Labute approximate surface area is 211 Å². The first kappa shape index (κ1) is 25.4. The summed E-state index contributed by atoms with van der Waals surface area (Å²) in [5.74, 6) is -0.584. The van der Waals surface area contributed by atoms with Gasteiger partial charge in [0.05, 0.1) is 11.3 Å². The fourth-order valence-electron chi connectivity index (χ4n) is 4.11. The number of aromatic amines is 2. The minimum absolute atomic E-state index is 0.0400. The number of hydrogen-bond donors (Lipinski definition) is 5. The minimum atomic E-state index is -1.16. The number of carbonyl (C=O) groups excluding carboxylic acids is 1. The molecule has 0 spiro atoms. The van der Waals surface area contributed by atoms with Crippen LogP contribution < -0.4 is 5.69 Å². The Morgan fingerprint density at radius 1 is 1.00 bits per heavy atom. The number of phenolic OH excluding ortho intramolecular Hbond substituents is 2. The van der Waals surface area contributed by atoms with Crippen molar-refractivity contribution in [2.75, 3.05) is 14.1 Å². The zero-order valence-electron chi connectivity index (χ0n) is 21.0.